The molecule has 198 valence electrons. The molecule has 1 atom stereocenters. The summed E-state index contributed by atoms with van der Waals surface area (Å²) in [6.45, 7) is 11.9. The van der Waals surface area contributed by atoms with Gasteiger partial charge in [-0.3, -0.25) is 4.79 Å². The highest BCUT2D eigenvalue weighted by Gasteiger charge is 2.34. The van der Waals surface area contributed by atoms with Gasteiger partial charge in [0, 0.05) is 17.9 Å². The molecule has 0 amide bonds. The van der Waals surface area contributed by atoms with Gasteiger partial charge in [-0.25, -0.2) is 8.42 Å². The summed E-state index contributed by atoms with van der Waals surface area (Å²) >= 11 is 3.37. The lowest BCUT2D eigenvalue weighted by Gasteiger charge is -2.34. The predicted octanol–water partition coefficient (Wildman–Crippen LogP) is 6.15. The van der Waals surface area contributed by atoms with Gasteiger partial charge in [0.25, 0.3) is 0 Å². The van der Waals surface area contributed by atoms with Crippen molar-refractivity contribution in [2.75, 3.05) is 13.7 Å². The number of hydrogen-bond donors (Lipinski definition) is 0. The molecular formula is C26H36BrNO6SSi. The van der Waals surface area contributed by atoms with E-state index in [1.807, 2.05) is 0 Å². The summed E-state index contributed by atoms with van der Waals surface area (Å²) in [5.41, 5.74) is 0.667. The largest absolute Gasteiger partial charge is 0.493 e. The zero-order chi connectivity index (χ0) is 26.9. The van der Waals surface area contributed by atoms with Crippen LogP contribution in [0.5, 0.6) is 11.5 Å². The van der Waals surface area contributed by atoms with Crippen LogP contribution in [-0.2, 0) is 25.8 Å². The van der Waals surface area contributed by atoms with Crippen LogP contribution in [0.2, 0.25) is 18.1 Å². The number of hydrogen-bond acceptors (Lipinski definition) is 6. The van der Waals surface area contributed by atoms with Crippen LogP contribution in [-0.4, -0.2) is 46.8 Å². The molecule has 0 aliphatic rings. The van der Waals surface area contributed by atoms with Crippen molar-refractivity contribution in [1.82, 2.24) is 4.31 Å². The number of methoxy groups -OCH3 is 1. The average molecular weight is 599 g/mol. The fourth-order valence-electron chi connectivity index (χ4n) is 3.94. The van der Waals surface area contributed by atoms with Crippen molar-refractivity contribution in [3.05, 3.63) is 65.2 Å². The zero-order valence-corrected chi connectivity index (χ0v) is 25.0. The Labute approximate surface area is 224 Å². The van der Waals surface area contributed by atoms with E-state index in [-0.39, 0.29) is 23.8 Å². The molecule has 0 spiro atoms. The van der Waals surface area contributed by atoms with E-state index >= 15 is 0 Å². The van der Waals surface area contributed by atoms with Gasteiger partial charge in [0.2, 0.25) is 10.0 Å². The Morgan fingerprint density at radius 3 is 2.19 bits per heavy atom. The summed E-state index contributed by atoms with van der Waals surface area (Å²) in [6, 6.07) is 13.8. The van der Waals surface area contributed by atoms with Crippen molar-refractivity contribution in [2.24, 2.45) is 0 Å². The summed E-state index contributed by atoms with van der Waals surface area (Å²) in [6.07, 6.45) is 1.63. The Bertz CT molecular complexity index is 1130. The molecule has 0 aromatic heterocycles. The molecule has 0 fully saturated rings. The number of benzene rings is 2. The van der Waals surface area contributed by atoms with Gasteiger partial charge in [-0.05, 0) is 60.1 Å². The maximum absolute atomic E-state index is 13.9. The van der Waals surface area contributed by atoms with Crippen LogP contribution in [0.3, 0.4) is 0 Å². The van der Waals surface area contributed by atoms with Gasteiger partial charge in [0.1, 0.15) is 0 Å². The molecule has 0 bridgehead atoms. The zero-order valence-electron chi connectivity index (χ0n) is 21.6. The minimum Gasteiger partial charge on any atom is -0.493 e. The van der Waals surface area contributed by atoms with Crippen molar-refractivity contribution in [2.45, 2.75) is 63.3 Å². The molecule has 0 N–H and O–H groups in total. The second-order valence-electron chi connectivity index (χ2n) is 8.44. The van der Waals surface area contributed by atoms with Crippen LogP contribution >= 0.6 is 15.9 Å². The third kappa shape index (κ3) is 7.52. The Morgan fingerprint density at radius 2 is 1.69 bits per heavy atom. The van der Waals surface area contributed by atoms with E-state index in [0.29, 0.717) is 11.3 Å². The molecule has 10 heteroatoms. The van der Waals surface area contributed by atoms with E-state index in [9.17, 15) is 13.2 Å². The van der Waals surface area contributed by atoms with Crippen molar-refractivity contribution in [1.29, 1.82) is 0 Å². The minimum atomic E-state index is -3.91. The highest BCUT2D eigenvalue weighted by Crippen LogP contribution is 2.31. The normalized spacial score (nSPS) is 12.9. The lowest BCUT2D eigenvalue weighted by atomic mass is 10.2. The molecule has 0 saturated heterocycles. The lowest BCUT2D eigenvalue weighted by molar-refractivity contribution is -0.132. The highest BCUT2D eigenvalue weighted by atomic mass is 79.9. The Morgan fingerprint density at radius 1 is 1.08 bits per heavy atom. The first-order valence-electron chi connectivity index (χ1n) is 11.9. The highest BCUT2D eigenvalue weighted by molar-refractivity contribution is 9.10. The second kappa shape index (κ2) is 13.5. The number of carbonyl (C=O) groups excluding carboxylic acids is 1. The molecule has 2 rings (SSSR count). The quantitative estimate of drug-likeness (QED) is 0.112. The fraction of sp³-hybridized carbons (Fsp3) is 0.423. The number of nitrogens with zero attached hydrogens (tertiary/aromatic N) is 1. The Kier molecular flexibility index (Phi) is 11.4. The van der Waals surface area contributed by atoms with Gasteiger partial charge in [0.15, 0.2) is 19.8 Å². The van der Waals surface area contributed by atoms with E-state index in [4.69, 9.17) is 13.9 Å². The van der Waals surface area contributed by atoms with Crippen LogP contribution in [0.15, 0.2) is 64.5 Å². The SMILES string of the molecule is C=C[C@H](CO[Si](CC)(CC)CC)N(Cc1ccc(OC(C)=O)c(OC)c1)S(=O)(=O)c1ccc(Br)cc1. The molecule has 0 heterocycles. The number of carbonyl (C=O) groups is 1. The monoisotopic (exact) mass is 597 g/mol. The third-order valence-electron chi connectivity index (χ3n) is 6.38. The van der Waals surface area contributed by atoms with Gasteiger partial charge in [0.05, 0.1) is 24.7 Å². The molecule has 0 saturated carbocycles. The first-order chi connectivity index (χ1) is 17.0. The fourth-order valence-corrected chi connectivity index (χ4v) is 8.41. The van der Waals surface area contributed by atoms with E-state index in [2.05, 4.69) is 43.3 Å². The lowest BCUT2D eigenvalue weighted by Crippen LogP contribution is -2.45. The van der Waals surface area contributed by atoms with Crippen molar-refractivity contribution in [3.63, 3.8) is 0 Å². The van der Waals surface area contributed by atoms with E-state index in [1.54, 1.807) is 48.5 Å². The van der Waals surface area contributed by atoms with E-state index < -0.39 is 30.4 Å². The standard InChI is InChI=1S/C26H36BrNO6SSi/c1-7-23(19-33-36(8-2,9-3)10-4)28(35(30,31)24-14-12-22(27)13-15-24)18-21-11-16-25(34-20(5)29)26(17-21)32-6/h7,11-17,23H,1,8-10,18-19H2,2-6H3/t23-/m1/s1. The van der Waals surface area contributed by atoms with Gasteiger partial charge in [-0.1, -0.05) is 48.8 Å². The number of halogens is 1. The molecule has 0 aliphatic heterocycles. The first-order valence-corrected chi connectivity index (χ1v) is 16.7. The Balaban J connectivity index is 2.50. The molecule has 2 aromatic rings. The topological polar surface area (TPSA) is 82.1 Å². The van der Waals surface area contributed by atoms with Crippen LogP contribution < -0.4 is 9.47 Å². The Hall–Kier alpha value is -1.98. The molecule has 0 aliphatic carbocycles. The summed E-state index contributed by atoms with van der Waals surface area (Å²) in [7, 11) is -4.41. The number of esters is 1. The predicted molar refractivity (Wildman–Crippen MR) is 148 cm³/mol. The van der Waals surface area contributed by atoms with Crippen LogP contribution in [0.4, 0.5) is 0 Å². The molecule has 36 heavy (non-hydrogen) atoms. The minimum absolute atomic E-state index is 0.0497. The molecule has 0 radical (unpaired) electrons. The number of ether oxygens (including phenoxy) is 2. The van der Waals surface area contributed by atoms with Gasteiger partial charge in [-0.15, -0.1) is 6.58 Å². The average Bonchev–Trinajstić information content (AvgIpc) is 2.87. The number of sulfonamides is 1. The summed E-state index contributed by atoms with van der Waals surface area (Å²) in [5, 5.41) is 0. The van der Waals surface area contributed by atoms with Gasteiger partial charge < -0.3 is 13.9 Å². The van der Waals surface area contributed by atoms with E-state index in [0.717, 1.165) is 22.6 Å². The number of rotatable bonds is 14. The summed E-state index contributed by atoms with van der Waals surface area (Å²) in [4.78, 5) is 11.6. The molecule has 0 unspecified atom stereocenters. The smallest absolute Gasteiger partial charge is 0.308 e. The van der Waals surface area contributed by atoms with Crippen molar-refractivity contribution in [3.8, 4) is 11.5 Å². The molecule has 2 aromatic carbocycles. The summed E-state index contributed by atoms with van der Waals surface area (Å²) in [5.74, 6) is 0.133. The van der Waals surface area contributed by atoms with Gasteiger partial charge in [-0.2, -0.15) is 4.31 Å². The maximum Gasteiger partial charge on any atom is 0.308 e. The second-order valence-corrected chi connectivity index (χ2v) is 16.0. The molecule has 7 nitrogen and oxygen atoms in total. The van der Waals surface area contributed by atoms with Gasteiger partial charge >= 0.3 is 5.97 Å². The van der Waals surface area contributed by atoms with E-state index in [1.165, 1.54) is 18.3 Å². The first kappa shape index (κ1) is 30.2. The van der Waals surface area contributed by atoms with Crippen molar-refractivity contribution >= 4 is 40.2 Å². The third-order valence-corrected chi connectivity index (χ3v) is 13.4. The summed E-state index contributed by atoms with van der Waals surface area (Å²) < 4.78 is 47.0. The van der Waals surface area contributed by atoms with Crippen molar-refractivity contribution < 1.29 is 27.1 Å². The van der Waals surface area contributed by atoms with Crippen LogP contribution in [0.25, 0.3) is 0 Å². The maximum atomic E-state index is 13.9. The molecular weight excluding hydrogens is 562 g/mol. The van der Waals surface area contributed by atoms with Crippen LogP contribution in [0.1, 0.15) is 33.3 Å². The van der Waals surface area contributed by atoms with Crippen LogP contribution in [0, 0.1) is 0 Å².